The molecule has 2 aromatic rings. The van der Waals surface area contributed by atoms with Crippen molar-refractivity contribution in [2.45, 2.75) is 4.90 Å². The Kier molecular flexibility index (Phi) is 2.98. The van der Waals surface area contributed by atoms with E-state index in [1.165, 1.54) is 37.4 Å². The van der Waals surface area contributed by atoms with Gasteiger partial charge in [0.05, 0.1) is 10.6 Å². The van der Waals surface area contributed by atoms with Gasteiger partial charge in [-0.3, -0.25) is 14.5 Å². The lowest BCUT2D eigenvalue weighted by atomic mass is 9.84. The maximum absolute atomic E-state index is 13.7. The van der Waals surface area contributed by atoms with E-state index in [2.05, 4.69) is 9.71 Å². The molecule has 0 atom stereocenters. The third kappa shape index (κ3) is 1.88. The summed E-state index contributed by atoms with van der Waals surface area (Å²) in [5, 5.41) is 0. The number of hydrogen-bond donors (Lipinski definition) is 1. The molecule has 1 aliphatic carbocycles. The highest BCUT2D eigenvalue weighted by Gasteiger charge is 2.41. The van der Waals surface area contributed by atoms with Crippen LogP contribution >= 0.6 is 0 Å². The topological polar surface area (TPSA) is 75.6 Å². The molecule has 5 nitrogen and oxygen atoms in total. The van der Waals surface area contributed by atoms with Gasteiger partial charge in [-0.25, -0.2) is 12.8 Å². The quantitative estimate of drug-likeness (QED) is 0.864. The maximum Gasteiger partial charge on any atom is 0.262 e. The molecule has 2 aliphatic rings. The van der Waals surface area contributed by atoms with Gasteiger partial charge >= 0.3 is 0 Å². The number of halogens is 1. The number of allylic oxidation sites excluding steroid dienone is 1. The van der Waals surface area contributed by atoms with Crippen molar-refractivity contribution in [2.24, 2.45) is 4.99 Å². The molecule has 24 heavy (non-hydrogen) atoms. The van der Waals surface area contributed by atoms with Gasteiger partial charge in [-0.1, -0.05) is 24.3 Å². The van der Waals surface area contributed by atoms with Crippen molar-refractivity contribution in [1.82, 2.24) is 4.72 Å². The molecule has 1 heterocycles. The fourth-order valence-corrected chi connectivity index (χ4v) is 4.44. The number of aliphatic imine (C=N–C) groups is 1. The van der Waals surface area contributed by atoms with Crippen LogP contribution < -0.4 is 4.72 Å². The number of hydrogen-bond acceptors (Lipinski definition) is 4. The number of rotatable bonds is 1. The molecular formula is C17H11FN2O3S. The van der Waals surface area contributed by atoms with Crippen molar-refractivity contribution < 1.29 is 17.6 Å². The minimum absolute atomic E-state index is 0.0485. The van der Waals surface area contributed by atoms with Crippen LogP contribution in [-0.2, 0) is 10.0 Å². The minimum Gasteiger partial charge on any atom is -0.287 e. The highest BCUT2D eigenvalue weighted by atomic mass is 32.2. The summed E-state index contributed by atoms with van der Waals surface area (Å²) < 4.78 is 40.9. The van der Waals surface area contributed by atoms with Crippen molar-refractivity contribution >= 4 is 32.8 Å². The lowest BCUT2D eigenvalue weighted by Gasteiger charge is -2.20. The van der Waals surface area contributed by atoms with Gasteiger partial charge in [0.25, 0.3) is 10.0 Å². The molecule has 0 unspecified atom stereocenters. The summed E-state index contributed by atoms with van der Waals surface area (Å²) >= 11 is 0. The number of carbonyl (C=O) groups is 1. The average Bonchev–Trinajstić information content (AvgIpc) is 2.83. The lowest BCUT2D eigenvalue weighted by molar-refractivity contribution is 0.106. The standard InChI is InChI=1S/C17H11FN2O3S/c1-19-16-13(9-4-2-5-10(18)8-9)15-14-11(17(16)21)6-3-7-12(14)24(22,23)20-15/h2-8,20H,1H3. The molecule has 0 amide bonds. The van der Waals surface area contributed by atoms with E-state index in [4.69, 9.17) is 0 Å². The van der Waals surface area contributed by atoms with Gasteiger partial charge in [-0.15, -0.1) is 0 Å². The molecule has 0 saturated heterocycles. The van der Waals surface area contributed by atoms with Gasteiger partial charge in [-0.2, -0.15) is 0 Å². The predicted octanol–water partition coefficient (Wildman–Crippen LogP) is 2.25. The van der Waals surface area contributed by atoms with Crippen LogP contribution in [0.3, 0.4) is 0 Å². The van der Waals surface area contributed by atoms with Crippen LogP contribution in [0, 0.1) is 5.82 Å². The first kappa shape index (κ1) is 14.8. The molecule has 0 fully saturated rings. The fourth-order valence-electron chi connectivity index (χ4n) is 3.12. The molecule has 7 heteroatoms. The third-order valence-corrected chi connectivity index (χ3v) is 5.48. The summed E-state index contributed by atoms with van der Waals surface area (Å²) in [6.45, 7) is 0. The highest BCUT2D eigenvalue weighted by Crippen LogP contribution is 2.42. The zero-order valence-electron chi connectivity index (χ0n) is 12.5. The van der Waals surface area contributed by atoms with Crippen molar-refractivity contribution in [1.29, 1.82) is 0 Å². The second-order valence-electron chi connectivity index (χ2n) is 5.45. The van der Waals surface area contributed by atoms with E-state index in [1.54, 1.807) is 12.1 Å². The molecule has 0 saturated carbocycles. The predicted molar refractivity (Wildman–Crippen MR) is 87.7 cm³/mol. The second-order valence-corrected chi connectivity index (χ2v) is 7.10. The van der Waals surface area contributed by atoms with Gasteiger partial charge in [0, 0.05) is 23.7 Å². The van der Waals surface area contributed by atoms with Crippen molar-refractivity contribution in [2.75, 3.05) is 7.05 Å². The normalized spacial score (nSPS) is 19.4. The van der Waals surface area contributed by atoms with E-state index < -0.39 is 15.8 Å². The molecular weight excluding hydrogens is 331 g/mol. The number of sulfonamides is 1. The minimum atomic E-state index is -3.76. The first-order valence-electron chi connectivity index (χ1n) is 7.12. The smallest absolute Gasteiger partial charge is 0.262 e. The Labute approximate surface area is 137 Å². The summed E-state index contributed by atoms with van der Waals surface area (Å²) in [7, 11) is -2.31. The van der Waals surface area contributed by atoms with Crippen molar-refractivity contribution in [3.63, 3.8) is 0 Å². The Hall–Kier alpha value is -2.80. The third-order valence-electron chi connectivity index (χ3n) is 4.09. The first-order chi connectivity index (χ1) is 11.4. The van der Waals surface area contributed by atoms with Crippen LogP contribution in [-0.4, -0.2) is 27.0 Å². The van der Waals surface area contributed by atoms with Crippen LogP contribution in [0.4, 0.5) is 4.39 Å². The Balaban J connectivity index is 2.16. The van der Waals surface area contributed by atoms with E-state index in [0.29, 0.717) is 16.7 Å². The molecule has 4 rings (SSSR count). The molecule has 1 aliphatic heterocycles. The Morgan fingerprint density at radius 1 is 1.12 bits per heavy atom. The summed E-state index contributed by atoms with van der Waals surface area (Å²) in [5.74, 6) is -0.861. The summed E-state index contributed by atoms with van der Waals surface area (Å²) in [6.07, 6.45) is 0. The number of nitrogens with one attached hydrogen (secondary N) is 1. The van der Waals surface area contributed by atoms with Crippen LogP contribution in [0.15, 0.2) is 52.4 Å². The maximum atomic E-state index is 13.7. The van der Waals surface area contributed by atoms with E-state index in [9.17, 15) is 17.6 Å². The van der Waals surface area contributed by atoms with Crippen molar-refractivity contribution in [3.8, 4) is 0 Å². The number of carbonyl (C=O) groups excluding carboxylic acids is 1. The zero-order chi connectivity index (χ0) is 17.1. The van der Waals surface area contributed by atoms with Gasteiger partial charge in [0.2, 0.25) is 5.78 Å². The van der Waals surface area contributed by atoms with Gasteiger partial charge in [0.1, 0.15) is 11.5 Å². The Bertz CT molecular complexity index is 1080. The molecule has 1 N–H and O–H groups in total. The molecule has 0 radical (unpaired) electrons. The number of Topliss-reactive ketones (excluding diaryl/α,β-unsaturated/α-hetero) is 1. The van der Waals surface area contributed by atoms with E-state index in [0.717, 1.165) is 0 Å². The van der Waals surface area contributed by atoms with Gasteiger partial charge in [-0.05, 0) is 23.8 Å². The van der Waals surface area contributed by atoms with Crippen LogP contribution in [0.1, 0.15) is 21.5 Å². The Morgan fingerprint density at radius 3 is 2.58 bits per heavy atom. The largest absolute Gasteiger partial charge is 0.287 e. The van der Waals surface area contributed by atoms with Gasteiger partial charge < -0.3 is 0 Å². The van der Waals surface area contributed by atoms with Crippen LogP contribution in [0.2, 0.25) is 0 Å². The lowest BCUT2D eigenvalue weighted by Crippen LogP contribution is -2.25. The molecule has 2 aromatic carbocycles. The van der Waals surface area contributed by atoms with Crippen LogP contribution in [0.25, 0.3) is 11.3 Å². The van der Waals surface area contributed by atoms with Gasteiger partial charge in [0.15, 0.2) is 0 Å². The first-order valence-corrected chi connectivity index (χ1v) is 8.60. The molecule has 0 bridgehead atoms. The second kappa shape index (κ2) is 4.85. The summed E-state index contributed by atoms with van der Waals surface area (Å²) in [5.41, 5.74) is 1.66. The average molecular weight is 342 g/mol. The fraction of sp³-hybridized carbons (Fsp3) is 0.0588. The monoisotopic (exact) mass is 342 g/mol. The van der Waals surface area contributed by atoms with E-state index >= 15 is 0 Å². The van der Waals surface area contributed by atoms with Crippen LogP contribution in [0.5, 0.6) is 0 Å². The molecule has 120 valence electrons. The number of ketones is 1. The van der Waals surface area contributed by atoms with E-state index in [-0.39, 0.29) is 27.7 Å². The molecule has 0 spiro atoms. The summed E-state index contributed by atoms with van der Waals surface area (Å²) in [6, 6.07) is 10.2. The highest BCUT2D eigenvalue weighted by molar-refractivity contribution is 7.90. The SMILES string of the molecule is CN=C1C(=O)c2cccc3c2C(=C1c1cccc(F)c1)NS3(=O)=O. The Morgan fingerprint density at radius 2 is 1.88 bits per heavy atom. The molecule has 0 aromatic heterocycles. The summed E-state index contributed by atoms with van der Waals surface area (Å²) in [4.78, 5) is 16.9. The van der Waals surface area contributed by atoms with E-state index in [1.807, 2.05) is 0 Å². The van der Waals surface area contributed by atoms with Crippen molar-refractivity contribution in [3.05, 3.63) is 65.0 Å². The number of nitrogens with zero attached hydrogens (tertiary/aromatic N) is 1. The number of benzene rings is 2. The zero-order valence-corrected chi connectivity index (χ0v) is 13.3.